The van der Waals surface area contributed by atoms with Crippen LogP contribution in [0.3, 0.4) is 0 Å². The highest BCUT2D eigenvalue weighted by Crippen LogP contribution is 2.23. The van der Waals surface area contributed by atoms with Crippen molar-refractivity contribution in [2.45, 2.75) is 10.9 Å². The number of rotatable bonds is 5. The van der Waals surface area contributed by atoms with Gasteiger partial charge in [-0.3, -0.25) is 4.98 Å². The Labute approximate surface area is 106 Å². The van der Waals surface area contributed by atoms with Crippen molar-refractivity contribution < 1.29 is 0 Å². The molecule has 2 rings (SSSR count). The van der Waals surface area contributed by atoms with E-state index in [4.69, 9.17) is 0 Å². The molecule has 0 bridgehead atoms. The van der Waals surface area contributed by atoms with Crippen molar-refractivity contribution in [3.63, 3.8) is 0 Å². The van der Waals surface area contributed by atoms with Gasteiger partial charge in [0.1, 0.15) is 0 Å². The maximum absolute atomic E-state index is 4.02. The van der Waals surface area contributed by atoms with Crippen LogP contribution in [0.15, 0.2) is 59.8 Å². The lowest BCUT2D eigenvalue weighted by Crippen LogP contribution is -2.18. The average Bonchev–Trinajstić information content (AvgIpc) is 2.42. The summed E-state index contributed by atoms with van der Waals surface area (Å²) in [5.41, 5.74) is 1.33. The largest absolute Gasteiger partial charge is 0.312 e. The quantitative estimate of drug-likeness (QED) is 0.818. The Morgan fingerprint density at radius 2 is 1.82 bits per heavy atom. The maximum atomic E-state index is 4.02. The molecule has 0 fully saturated rings. The topological polar surface area (TPSA) is 24.9 Å². The first kappa shape index (κ1) is 12.1. The summed E-state index contributed by atoms with van der Waals surface area (Å²) in [6.45, 7) is 0. The Kier molecular flexibility index (Phi) is 4.59. The highest BCUT2D eigenvalue weighted by atomic mass is 32.2. The molecular weight excluding hydrogens is 228 g/mol. The standard InChI is InChI=1S/C14H16N2S/c1-15-14(12-5-3-2-4-6-12)11-17-13-7-9-16-10-8-13/h2-10,14-15H,11H2,1H3. The second kappa shape index (κ2) is 6.42. The van der Waals surface area contributed by atoms with Crippen molar-refractivity contribution in [1.82, 2.24) is 10.3 Å². The van der Waals surface area contributed by atoms with Gasteiger partial charge in [-0.2, -0.15) is 0 Å². The SMILES string of the molecule is CNC(CSc1ccncc1)c1ccccc1. The molecule has 1 N–H and O–H groups in total. The summed E-state index contributed by atoms with van der Waals surface area (Å²) < 4.78 is 0. The van der Waals surface area contributed by atoms with Crippen LogP contribution in [0, 0.1) is 0 Å². The van der Waals surface area contributed by atoms with Crippen molar-refractivity contribution >= 4 is 11.8 Å². The smallest absolute Gasteiger partial charge is 0.0412 e. The third kappa shape index (κ3) is 3.58. The summed E-state index contributed by atoms with van der Waals surface area (Å²) in [5, 5.41) is 3.35. The molecule has 0 aliphatic carbocycles. The molecule has 1 aromatic heterocycles. The second-order valence-corrected chi connectivity index (χ2v) is 4.84. The van der Waals surface area contributed by atoms with Gasteiger partial charge in [-0.15, -0.1) is 11.8 Å². The minimum atomic E-state index is 0.384. The lowest BCUT2D eigenvalue weighted by molar-refractivity contribution is 0.662. The van der Waals surface area contributed by atoms with Gasteiger partial charge in [0.15, 0.2) is 0 Å². The van der Waals surface area contributed by atoms with E-state index in [0.717, 1.165) is 5.75 Å². The fraction of sp³-hybridized carbons (Fsp3) is 0.214. The molecule has 2 nitrogen and oxygen atoms in total. The van der Waals surface area contributed by atoms with E-state index in [2.05, 4.69) is 34.6 Å². The minimum absolute atomic E-state index is 0.384. The number of aromatic nitrogens is 1. The zero-order valence-electron chi connectivity index (χ0n) is 9.84. The van der Waals surface area contributed by atoms with Gasteiger partial charge >= 0.3 is 0 Å². The third-order valence-corrected chi connectivity index (χ3v) is 3.72. The van der Waals surface area contributed by atoms with Crippen molar-refractivity contribution in [1.29, 1.82) is 0 Å². The Morgan fingerprint density at radius 3 is 2.47 bits per heavy atom. The molecule has 0 spiro atoms. The van der Waals surface area contributed by atoms with Crippen LogP contribution in [0.1, 0.15) is 11.6 Å². The van der Waals surface area contributed by atoms with Crippen LogP contribution >= 0.6 is 11.8 Å². The first-order valence-electron chi connectivity index (χ1n) is 5.65. The first-order chi connectivity index (χ1) is 8.40. The van der Waals surface area contributed by atoms with Gasteiger partial charge in [0.25, 0.3) is 0 Å². The van der Waals surface area contributed by atoms with Crippen LogP contribution in [-0.2, 0) is 0 Å². The Hall–Kier alpha value is -1.32. The number of benzene rings is 1. The fourth-order valence-electron chi connectivity index (χ4n) is 1.65. The van der Waals surface area contributed by atoms with E-state index in [0.29, 0.717) is 6.04 Å². The molecule has 0 saturated heterocycles. The van der Waals surface area contributed by atoms with Crippen molar-refractivity contribution in [3.8, 4) is 0 Å². The van der Waals surface area contributed by atoms with Crippen LogP contribution in [0.4, 0.5) is 0 Å². The number of nitrogens with one attached hydrogen (secondary N) is 1. The van der Waals surface area contributed by atoms with Crippen LogP contribution in [0.25, 0.3) is 0 Å². The zero-order valence-corrected chi connectivity index (χ0v) is 10.7. The summed E-state index contributed by atoms with van der Waals surface area (Å²) >= 11 is 1.85. The average molecular weight is 244 g/mol. The van der Waals surface area contributed by atoms with E-state index in [1.165, 1.54) is 10.5 Å². The maximum Gasteiger partial charge on any atom is 0.0412 e. The van der Waals surface area contributed by atoms with E-state index < -0.39 is 0 Å². The van der Waals surface area contributed by atoms with Crippen LogP contribution < -0.4 is 5.32 Å². The van der Waals surface area contributed by atoms with Crippen molar-refractivity contribution in [2.24, 2.45) is 0 Å². The summed E-state index contributed by atoms with van der Waals surface area (Å²) in [4.78, 5) is 5.28. The molecule has 0 radical (unpaired) electrons. The molecule has 0 aliphatic rings. The van der Waals surface area contributed by atoms with E-state index in [1.807, 2.05) is 49.4 Å². The predicted molar refractivity (Wildman–Crippen MR) is 73.2 cm³/mol. The lowest BCUT2D eigenvalue weighted by Gasteiger charge is -2.16. The summed E-state index contributed by atoms with van der Waals surface area (Å²) in [7, 11) is 2.00. The Balaban J connectivity index is 1.97. The minimum Gasteiger partial charge on any atom is -0.312 e. The molecule has 17 heavy (non-hydrogen) atoms. The predicted octanol–water partition coefficient (Wildman–Crippen LogP) is 3.13. The van der Waals surface area contributed by atoms with Gasteiger partial charge < -0.3 is 5.32 Å². The molecule has 1 aromatic carbocycles. The molecular formula is C14H16N2S. The number of hydrogen-bond acceptors (Lipinski definition) is 3. The molecule has 0 saturated carbocycles. The molecule has 1 atom stereocenters. The van der Waals surface area contributed by atoms with E-state index >= 15 is 0 Å². The van der Waals surface area contributed by atoms with Gasteiger partial charge in [0, 0.05) is 29.1 Å². The Bertz CT molecular complexity index is 430. The lowest BCUT2D eigenvalue weighted by atomic mass is 10.1. The van der Waals surface area contributed by atoms with Crippen LogP contribution in [0.5, 0.6) is 0 Å². The van der Waals surface area contributed by atoms with Gasteiger partial charge in [-0.25, -0.2) is 0 Å². The van der Waals surface area contributed by atoms with Crippen LogP contribution in [0.2, 0.25) is 0 Å². The molecule has 2 aromatic rings. The number of hydrogen-bond donors (Lipinski definition) is 1. The highest BCUT2D eigenvalue weighted by molar-refractivity contribution is 7.99. The van der Waals surface area contributed by atoms with E-state index in [-0.39, 0.29) is 0 Å². The molecule has 0 aliphatic heterocycles. The zero-order chi connectivity index (χ0) is 11.9. The van der Waals surface area contributed by atoms with Crippen molar-refractivity contribution in [3.05, 3.63) is 60.4 Å². The molecule has 88 valence electrons. The van der Waals surface area contributed by atoms with Gasteiger partial charge in [0.2, 0.25) is 0 Å². The first-order valence-corrected chi connectivity index (χ1v) is 6.64. The Morgan fingerprint density at radius 1 is 1.12 bits per heavy atom. The molecule has 1 unspecified atom stereocenters. The normalized spacial score (nSPS) is 12.3. The number of pyridine rings is 1. The second-order valence-electron chi connectivity index (χ2n) is 3.75. The van der Waals surface area contributed by atoms with Crippen molar-refractivity contribution in [2.75, 3.05) is 12.8 Å². The molecule has 1 heterocycles. The van der Waals surface area contributed by atoms with Gasteiger partial charge in [0.05, 0.1) is 0 Å². The highest BCUT2D eigenvalue weighted by Gasteiger charge is 2.08. The molecule has 0 amide bonds. The van der Waals surface area contributed by atoms with Gasteiger partial charge in [-0.1, -0.05) is 30.3 Å². The fourth-order valence-corrected chi connectivity index (χ4v) is 2.68. The van der Waals surface area contributed by atoms with E-state index in [1.54, 1.807) is 0 Å². The summed E-state index contributed by atoms with van der Waals surface area (Å²) in [6.07, 6.45) is 3.67. The number of thioether (sulfide) groups is 1. The monoisotopic (exact) mass is 244 g/mol. The van der Waals surface area contributed by atoms with Gasteiger partial charge in [-0.05, 0) is 24.7 Å². The summed E-state index contributed by atoms with van der Waals surface area (Å²) in [5.74, 6) is 1.02. The van der Waals surface area contributed by atoms with E-state index in [9.17, 15) is 0 Å². The summed E-state index contributed by atoms with van der Waals surface area (Å²) in [6, 6.07) is 15.0. The number of nitrogens with zero attached hydrogens (tertiary/aromatic N) is 1. The third-order valence-electron chi connectivity index (χ3n) is 2.62. The molecule has 3 heteroatoms. The van der Waals surface area contributed by atoms with Crippen LogP contribution in [-0.4, -0.2) is 17.8 Å².